The van der Waals surface area contributed by atoms with Gasteiger partial charge < -0.3 is 9.64 Å². The molecule has 0 aromatic heterocycles. The van der Waals surface area contributed by atoms with E-state index in [1.807, 2.05) is 0 Å². The summed E-state index contributed by atoms with van der Waals surface area (Å²) < 4.78 is 20.4. The zero-order chi connectivity index (χ0) is 20.6. The van der Waals surface area contributed by atoms with Crippen molar-refractivity contribution in [1.82, 2.24) is 9.80 Å². The summed E-state index contributed by atoms with van der Waals surface area (Å²) >= 11 is 0. The molecule has 0 N–H and O–H groups in total. The number of halogens is 1. The summed E-state index contributed by atoms with van der Waals surface area (Å²) in [7, 11) is 1.39. The summed E-state index contributed by atoms with van der Waals surface area (Å²) in [6.07, 6.45) is 3.68. The summed E-state index contributed by atoms with van der Waals surface area (Å²) in [4.78, 5) is 41.6. The van der Waals surface area contributed by atoms with Gasteiger partial charge in [-0.3, -0.25) is 19.3 Å². The molecule has 0 radical (unpaired) electrons. The lowest BCUT2D eigenvalue weighted by molar-refractivity contribution is -0.142. The van der Waals surface area contributed by atoms with Crippen molar-refractivity contribution in [2.75, 3.05) is 26.7 Å². The highest BCUT2D eigenvalue weighted by atomic mass is 19.1. The molecule has 3 aliphatic rings. The maximum absolute atomic E-state index is 14.7. The minimum Gasteiger partial charge on any atom is -0.376 e. The molecule has 2 atom stereocenters. The van der Waals surface area contributed by atoms with Crippen LogP contribution in [-0.2, 0) is 24.5 Å². The number of amides is 3. The summed E-state index contributed by atoms with van der Waals surface area (Å²) in [6, 6.07) is 5.95. The predicted molar refractivity (Wildman–Crippen MR) is 103 cm³/mol. The van der Waals surface area contributed by atoms with Gasteiger partial charge in [-0.25, -0.2) is 4.39 Å². The van der Waals surface area contributed by atoms with Crippen molar-refractivity contribution in [2.45, 2.75) is 50.0 Å². The number of imide groups is 1. The fourth-order valence-corrected chi connectivity index (χ4v) is 4.47. The van der Waals surface area contributed by atoms with E-state index in [2.05, 4.69) is 0 Å². The topological polar surface area (TPSA) is 66.9 Å². The molecule has 3 fully saturated rings. The molecule has 0 bridgehead atoms. The lowest BCUT2D eigenvalue weighted by Gasteiger charge is -2.31. The Hall–Kier alpha value is -2.28. The average Bonchev–Trinajstić information content (AvgIpc) is 3.32. The second kappa shape index (κ2) is 7.86. The lowest BCUT2D eigenvalue weighted by atomic mass is 9.75. The number of ether oxygens (including phenoxy) is 1. The van der Waals surface area contributed by atoms with E-state index in [9.17, 15) is 18.8 Å². The van der Waals surface area contributed by atoms with E-state index >= 15 is 0 Å². The highest BCUT2D eigenvalue weighted by Gasteiger charge is 2.54. The molecule has 0 unspecified atom stereocenters. The van der Waals surface area contributed by atoms with Crippen LogP contribution in [0.5, 0.6) is 0 Å². The molecule has 2 heterocycles. The fraction of sp³-hybridized carbons (Fsp3) is 0.591. The maximum atomic E-state index is 14.7. The van der Waals surface area contributed by atoms with Crippen LogP contribution in [-0.4, -0.2) is 60.4 Å². The quantitative estimate of drug-likeness (QED) is 0.656. The Kier molecular flexibility index (Phi) is 5.42. The first-order chi connectivity index (χ1) is 13.9. The largest absolute Gasteiger partial charge is 0.376 e. The summed E-state index contributed by atoms with van der Waals surface area (Å²) in [5, 5.41) is 0. The van der Waals surface area contributed by atoms with Crippen LogP contribution in [0.3, 0.4) is 0 Å². The normalized spacial score (nSPS) is 27.0. The molecular formula is C22H27FN2O4. The Morgan fingerprint density at radius 3 is 2.59 bits per heavy atom. The summed E-state index contributed by atoms with van der Waals surface area (Å²) in [5.41, 5.74) is -1.35. The van der Waals surface area contributed by atoms with Crippen molar-refractivity contribution in [2.24, 2.45) is 5.92 Å². The number of rotatable bonds is 7. The van der Waals surface area contributed by atoms with E-state index in [0.29, 0.717) is 25.6 Å². The van der Waals surface area contributed by atoms with Gasteiger partial charge in [0.05, 0.1) is 11.5 Å². The van der Waals surface area contributed by atoms with Crippen LogP contribution in [0.15, 0.2) is 24.3 Å². The molecule has 1 aromatic carbocycles. The van der Waals surface area contributed by atoms with E-state index < -0.39 is 17.1 Å². The van der Waals surface area contributed by atoms with E-state index in [-0.39, 0.29) is 36.3 Å². The van der Waals surface area contributed by atoms with Crippen LogP contribution in [0.4, 0.5) is 4.39 Å². The van der Waals surface area contributed by atoms with Crippen LogP contribution in [0.2, 0.25) is 0 Å². The first-order valence-corrected chi connectivity index (χ1v) is 10.4. The molecule has 6 nitrogen and oxygen atoms in total. The third-order valence-electron chi connectivity index (χ3n) is 6.36. The minimum atomic E-state index is -1.48. The van der Waals surface area contributed by atoms with Crippen LogP contribution < -0.4 is 0 Å². The average molecular weight is 402 g/mol. The molecule has 1 aliphatic carbocycles. The fourth-order valence-electron chi connectivity index (χ4n) is 4.47. The first kappa shape index (κ1) is 20.0. The monoisotopic (exact) mass is 402 g/mol. The number of hydrogen-bond acceptors (Lipinski definition) is 4. The first-order valence-electron chi connectivity index (χ1n) is 10.4. The summed E-state index contributed by atoms with van der Waals surface area (Å²) in [6.45, 7) is 1.82. The van der Waals surface area contributed by atoms with Crippen LogP contribution >= 0.6 is 0 Å². The predicted octanol–water partition coefficient (Wildman–Crippen LogP) is 2.26. The Bertz CT molecular complexity index is 819. The number of carbonyl (C=O) groups excluding carboxylic acids is 3. The van der Waals surface area contributed by atoms with Crippen LogP contribution in [0.1, 0.15) is 44.1 Å². The number of likely N-dealkylation sites (N-methyl/N-ethyl adjacent to an activating group) is 1. The van der Waals surface area contributed by atoms with Gasteiger partial charge in [0.2, 0.25) is 17.7 Å². The lowest BCUT2D eigenvalue weighted by Crippen LogP contribution is -2.45. The van der Waals surface area contributed by atoms with Gasteiger partial charge in [-0.15, -0.1) is 0 Å². The summed E-state index contributed by atoms with van der Waals surface area (Å²) in [5.74, 6) is -1.20. The van der Waals surface area contributed by atoms with Gasteiger partial charge in [-0.2, -0.15) is 0 Å². The van der Waals surface area contributed by atoms with Crippen LogP contribution in [0, 0.1) is 11.7 Å². The molecule has 7 heteroatoms. The third-order valence-corrected chi connectivity index (χ3v) is 6.36. The van der Waals surface area contributed by atoms with Gasteiger partial charge in [-0.05, 0) is 37.7 Å². The Balaban J connectivity index is 1.62. The van der Waals surface area contributed by atoms with Gasteiger partial charge >= 0.3 is 0 Å². The van der Waals surface area contributed by atoms with Crippen LogP contribution in [0.25, 0.3) is 0 Å². The highest BCUT2D eigenvalue weighted by Crippen LogP contribution is 2.41. The molecule has 1 saturated carbocycles. The number of likely N-dealkylation sites (tertiary alicyclic amines) is 1. The van der Waals surface area contributed by atoms with E-state index in [4.69, 9.17) is 4.74 Å². The molecule has 3 amide bonds. The molecule has 156 valence electrons. The second-order valence-electron chi connectivity index (χ2n) is 8.55. The van der Waals surface area contributed by atoms with Gasteiger partial charge in [0.1, 0.15) is 5.82 Å². The highest BCUT2D eigenvalue weighted by molar-refractivity contribution is 6.10. The van der Waals surface area contributed by atoms with Crippen molar-refractivity contribution in [1.29, 1.82) is 0 Å². The van der Waals surface area contributed by atoms with E-state index in [0.717, 1.165) is 30.6 Å². The SMILES string of the molecule is CN1C(=O)C[C@@](CC(=O)N(CC2CC2)C[C@H]2CCCO2)(c2ccccc2F)C1=O. The number of hydrogen-bond donors (Lipinski definition) is 0. The molecule has 4 rings (SSSR count). The van der Waals surface area contributed by atoms with Gasteiger partial charge in [0.15, 0.2) is 0 Å². The Labute approximate surface area is 170 Å². The second-order valence-corrected chi connectivity index (χ2v) is 8.55. The molecular weight excluding hydrogens is 375 g/mol. The van der Waals surface area contributed by atoms with Crippen molar-refractivity contribution in [3.05, 3.63) is 35.6 Å². The van der Waals surface area contributed by atoms with E-state index in [1.165, 1.54) is 25.2 Å². The van der Waals surface area contributed by atoms with Gasteiger partial charge in [0, 0.05) is 45.1 Å². The van der Waals surface area contributed by atoms with E-state index in [1.54, 1.807) is 11.0 Å². The third kappa shape index (κ3) is 3.92. The number of benzene rings is 1. The zero-order valence-corrected chi connectivity index (χ0v) is 16.7. The van der Waals surface area contributed by atoms with Gasteiger partial charge in [-0.1, -0.05) is 18.2 Å². The molecule has 0 spiro atoms. The van der Waals surface area contributed by atoms with Crippen molar-refractivity contribution in [3.8, 4) is 0 Å². The number of carbonyl (C=O) groups is 3. The standard InChI is InChI=1S/C22H27FN2O4/c1-24-19(26)11-22(21(24)28,17-6-2-3-7-18(17)23)12-20(27)25(13-15-8-9-15)14-16-5-4-10-29-16/h2-3,6-7,15-16H,4-5,8-14H2,1H3/t16-,22-/m1/s1. The van der Waals surface area contributed by atoms with Crippen molar-refractivity contribution >= 4 is 17.7 Å². The maximum Gasteiger partial charge on any atom is 0.240 e. The Morgan fingerprint density at radius 2 is 2.00 bits per heavy atom. The minimum absolute atomic E-state index is 0.00527. The molecule has 2 saturated heterocycles. The number of nitrogens with zero attached hydrogens (tertiary/aromatic N) is 2. The zero-order valence-electron chi connectivity index (χ0n) is 16.7. The molecule has 2 aliphatic heterocycles. The van der Waals surface area contributed by atoms with Crippen molar-refractivity contribution < 1.29 is 23.5 Å². The van der Waals surface area contributed by atoms with Crippen molar-refractivity contribution in [3.63, 3.8) is 0 Å². The van der Waals surface area contributed by atoms with Gasteiger partial charge in [0.25, 0.3) is 0 Å². The molecule has 29 heavy (non-hydrogen) atoms. The molecule has 1 aromatic rings. The Morgan fingerprint density at radius 1 is 1.24 bits per heavy atom. The smallest absolute Gasteiger partial charge is 0.240 e.